The first-order valence-electron chi connectivity index (χ1n) is 4.23. The van der Waals surface area contributed by atoms with Crippen LogP contribution in [0.4, 0.5) is 0 Å². The minimum atomic E-state index is -1.05. The largest absolute Gasteiger partial charge is 0.475 e. The monoisotopic (exact) mass is 224 g/mol. The highest BCUT2D eigenvalue weighted by Crippen LogP contribution is 2.24. The second-order valence-corrected chi connectivity index (χ2v) is 3.82. The minimum absolute atomic E-state index is 0.0373. The summed E-state index contributed by atoms with van der Waals surface area (Å²) in [7, 11) is 0. The molecule has 0 saturated carbocycles. The molecule has 4 nitrogen and oxygen atoms in total. The van der Waals surface area contributed by atoms with Crippen molar-refractivity contribution < 1.29 is 18.7 Å². The maximum absolute atomic E-state index is 10.5. The number of rotatable bonds is 4. The topological polar surface area (TPSA) is 63.6 Å². The summed E-state index contributed by atoms with van der Waals surface area (Å²) in [6, 6.07) is 4.95. The summed E-state index contributed by atoms with van der Waals surface area (Å²) < 4.78 is 9.98. The van der Waals surface area contributed by atoms with Crippen LogP contribution >= 0.6 is 11.8 Å². The van der Waals surface area contributed by atoms with Gasteiger partial charge in [-0.25, -0.2) is 4.79 Å². The van der Waals surface area contributed by atoms with Crippen molar-refractivity contribution in [3.63, 3.8) is 0 Å². The average molecular weight is 224 g/mol. The van der Waals surface area contributed by atoms with Gasteiger partial charge in [-0.05, 0) is 18.2 Å². The molecule has 2 rings (SSSR count). The van der Waals surface area contributed by atoms with Gasteiger partial charge in [0.25, 0.3) is 0 Å². The molecule has 0 spiro atoms. The third-order valence-electron chi connectivity index (χ3n) is 1.75. The molecule has 0 aliphatic heterocycles. The fourth-order valence-electron chi connectivity index (χ4n) is 1.04. The summed E-state index contributed by atoms with van der Waals surface area (Å²) in [5, 5.41) is 9.22. The fraction of sp³-hybridized carbons (Fsp3) is 0.100. The third kappa shape index (κ3) is 2.44. The lowest BCUT2D eigenvalue weighted by atomic mass is 10.4. The standard InChI is InChI=1S/C10H8O4S/c11-10(12)8-1-2-9(14-8)15-6-7-3-4-13-5-7/h1-5H,6H2,(H,11,12). The molecule has 0 aliphatic rings. The van der Waals surface area contributed by atoms with Crippen molar-refractivity contribution in [2.45, 2.75) is 10.8 Å². The van der Waals surface area contributed by atoms with Gasteiger partial charge in [-0.2, -0.15) is 0 Å². The Hall–Kier alpha value is -1.62. The Morgan fingerprint density at radius 3 is 2.87 bits per heavy atom. The van der Waals surface area contributed by atoms with Crippen molar-refractivity contribution in [3.05, 3.63) is 42.0 Å². The van der Waals surface area contributed by atoms with Crippen LogP contribution in [-0.2, 0) is 5.75 Å². The van der Waals surface area contributed by atoms with E-state index in [9.17, 15) is 4.79 Å². The van der Waals surface area contributed by atoms with Crippen molar-refractivity contribution in [1.82, 2.24) is 0 Å². The number of carbonyl (C=O) groups is 1. The smallest absolute Gasteiger partial charge is 0.371 e. The van der Waals surface area contributed by atoms with Crippen molar-refractivity contribution in [2.75, 3.05) is 0 Å². The zero-order valence-corrected chi connectivity index (χ0v) is 8.49. The Balaban J connectivity index is 1.96. The quantitative estimate of drug-likeness (QED) is 0.809. The van der Waals surface area contributed by atoms with Crippen LogP contribution in [-0.4, -0.2) is 11.1 Å². The molecule has 0 radical (unpaired) electrons. The van der Waals surface area contributed by atoms with Crippen molar-refractivity contribution in [3.8, 4) is 0 Å². The summed E-state index contributed by atoms with van der Waals surface area (Å²) in [4.78, 5) is 10.5. The fourth-order valence-corrected chi connectivity index (χ4v) is 1.83. The number of aromatic carboxylic acids is 1. The van der Waals surface area contributed by atoms with E-state index in [2.05, 4.69) is 0 Å². The molecule has 15 heavy (non-hydrogen) atoms. The molecule has 0 amide bonds. The number of furan rings is 2. The highest BCUT2D eigenvalue weighted by atomic mass is 32.2. The van der Waals surface area contributed by atoms with Gasteiger partial charge in [0.05, 0.1) is 12.5 Å². The van der Waals surface area contributed by atoms with Crippen molar-refractivity contribution in [2.24, 2.45) is 0 Å². The van der Waals surface area contributed by atoms with E-state index in [4.69, 9.17) is 13.9 Å². The van der Waals surface area contributed by atoms with E-state index in [0.29, 0.717) is 10.8 Å². The molecule has 0 aliphatic carbocycles. The Bertz CT molecular complexity index is 444. The van der Waals surface area contributed by atoms with Crippen LogP contribution in [0.15, 0.2) is 44.7 Å². The van der Waals surface area contributed by atoms with E-state index < -0.39 is 5.97 Å². The third-order valence-corrected chi connectivity index (χ3v) is 2.73. The van der Waals surface area contributed by atoms with E-state index in [1.54, 1.807) is 18.6 Å². The van der Waals surface area contributed by atoms with E-state index in [1.807, 2.05) is 6.07 Å². The summed E-state index contributed by atoms with van der Waals surface area (Å²) in [6.45, 7) is 0. The number of thioether (sulfide) groups is 1. The van der Waals surface area contributed by atoms with Crippen LogP contribution in [0.2, 0.25) is 0 Å². The molecule has 2 aromatic rings. The van der Waals surface area contributed by atoms with Crippen LogP contribution in [0, 0.1) is 0 Å². The summed E-state index contributed by atoms with van der Waals surface area (Å²) >= 11 is 1.43. The zero-order chi connectivity index (χ0) is 10.7. The maximum atomic E-state index is 10.5. The normalized spacial score (nSPS) is 10.4. The van der Waals surface area contributed by atoms with Gasteiger partial charge < -0.3 is 13.9 Å². The van der Waals surface area contributed by atoms with Gasteiger partial charge in [0.15, 0.2) is 5.09 Å². The van der Waals surface area contributed by atoms with E-state index in [0.717, 1.165) is 5.56 Å². The molecule has 1 N–H and O–H groups in total. The number of carboxylic acid groups (broad SMARTS) is 1. The summed E-state index contributed by atoms with van der Waals surface area (Å²) in [5.41, 5.74) is 1.04. The van der Waals surface area contributed by atoms with Gasteiger partial charge in [-0.3, -0.25) is 0 Å². The first-order chi connectivity index (χ1) is 7.25. The number of hydrogen-bond acceptors (Lipinski definition) is 4. The van der Waals surface area contributed by atoms with E-state index in [1.165, 1.54) is 17.8 Å². The number of carboxylic acids is 1. The molecule has 0 fully saturated rings. The number of hydrogen-bond donors (Lipinski definition) is 1. The van der Waals surface area contributed by atoms with Crippen LogP contribution in [0.25, 0.3) is 0 Å². The van der Waals surface area contributed by atoms with Gasteiger partial charge in [-0.1, -0.05) is 11.8 Å². The molecule has 0 saturated heterocycles. The highest BCUT2D eigenvalue weighted by molar-refractivity contribution is 7.98. The predicted molar refractivity (Wildman–Crippen MR) is 53.9 cm³/mol. The van der Waals surface area contributed by atoms with Gasteiger partial charge in [0.2, 0.25) is 5.76 Å². The van der Waals surface area contributed by atoms with Gasteiger partial charge in [-0.15, -0.1) is 0 Å². The molecule has 0 bridgehead atoms. The maximum Gasteiger partial charge on any atom is 0.371 e. The van der Waals surface area contributed by atoms with Crippen LogP contribution in [0.3, 0.4) is 0 Å². The lowest BCUT2D eigenvalue weighted by molar-refractivity contribution is 0.0656. The molecule has 0 unspecified atom stereocenters. The van der Waals surface area contributed by atoms with Crippen LogP contribution in [0.5, 0.6) is 0 Å². The Labute approximate surface area is 89.9 Å². The van der Waals surface area contributed by atoms with Crippen LogP contribution in [0.1, 0.15) is 16.1 Å². The lowest BCUT2D eigenvalue weighted by Crippen LogP contribution is -1.91. The van der Waals surface area contributed by atoms with Gasteiger partial charge >= 0.3 is 5.97 Å². The van der Waals surface area contributed by atoms with Gasteiger partial charge in [0.1, 0.15) is 0 Å². The lowest BCUT2D eigenvalue weighted by Gasteiger charge is -1.93. The average Bonchev–Trinajstić information content (AvgIpc) is 2.86. The molecular formula is C10H8O4S. The molecule has 78 valence electrons. The molecule has 0 aromatic carbocycles. The predicted octanol–water partition coefficient (Wildman–Crippen LogP) is 2.86. The van der Waals surface area contributed by atoms with Gasteiger partial charge in [0, 0.05) is 11.3 Å². The second kappa shape index (κ2) is 4.27. The summed E-state index contributed by atoms with van der Waals surface area (Å²) in [6.07, 6.45) is 3.24. The Morgan fingerprint density at radius 2 is 2.27 bits per heavy atom. The van der Waals surface area contributed by atoms with Crippen molar-refractivity contribution in [1.29, 1.82) is 0 Å². The SMILES string of the molecule is O=C(O)c1ccc(SCc2ccoc2)o1. The highest BCUT2D eigenvalue weighted by Gasteiger charge is 2.09. The summed E-state index contributed by atoms with van der Waals surface area (Å²) in [5.74, 6) is -0.391. The first kappa shape index (κ1) is 9.92. The molecule has 2 aromatic heterocycles. The second-order valence-electron chi connectivity index (χ2n) is 2.84. The molecule has 2 heterocycles. The molecule has 5 heteroatoms. The van der Waals surface area contributed by atoms with E-state index in [-0.39, 0.29) is 5.76 Å². The Morgan fingerprint density at radius 1 is 1.40 bits per heavy atom. The zero-order valence-electron chi connectivity index (χ0n) is 7.67. The van der Waals surface area contributed by atoms with Crippen molar-refractivity contribution >= 4 is 17.7 Å². The first-order valence-corrected chi connectivity index (χ1v) is 5.21. The minimum Gasteiger partial charge on any atom is -0.475 e. The molecule has 0 atom stereocenters. The Kier molecular flexibility index (Phi) is 2.82. The van der Waals surface area contributed by atoms with Crippen LogP contribution < -0.4 is 0 Å². The molecular weight excluding hydrogens is 216 g/mol. The van der Waals surface area contributed by atoms with E-state index >= 15 is 0 Å².